The minimum atomic E-state index is 0.101. The topological polar surface area (TPSA) is 43.8 Å². The van der Waals surface area contributed by atoms with E-state index in [0.717, 1.165) is 24.9 Å². The van der Waals surface area contributed by atoms with Crippen molar-refractivity contribution in [3.8, 4) is 0 Å². The van der Waals surface area contributed by atoms with Crippen molar-refractivity contribution in [1.82, 2.24) is 9.80 Å². The molecule has 0 unspecified atom stereocenters. The summed E-state index contributed by atoms with van der Waals surface area (Å²) in [5.74, 6) is 0.101. The highest BCUT2D eigenvalue weighted by Gasteiger charge is 2.28. The van der Waals surface area contributed by atoms with E-state index < -0.39 is 0 Å². The van der Waals surface area contributed by atoms with Gasteiger partial charge in [0.25, 0.3) is 5.91 Å². The lowest BCUT2D eigenvalue weighted by Crippen LogP contribution is -2.45. The largest absolute Gasteiger partial charge is 0.396 e. The molecule has 1 aliphatic carbocycles. The van der Waals surface area contributed by atoms with Crippen LogP contribution < -0.4 is 0 Å². The number of aliphatic hydroxyl groups is 1. The van der Waals surface area contributed by atoms with Crippen molar-refractivity contribution in [1.29, 1.82) is 0 Å². The maximum Gasteiger partial charge on any atom is 0.254 e. The van der Waals surface area contributed by atoms with Crippen molar-refractivity contribution in [3.05, 3.63) is 35.4 Å². The number of nitrogens with zero attached hydrogens (tertiary/aromatic N) is 2. The first-order valence-electron chi connectivity index (χ1n) is 7.77. The summed E-state index contributed by atoms with van der Waals surface area (Å²) in [4.78, 5) is 16.7. The molecule has 0 aromatic heterocycles. The van der Waals surface area contributed by atoms with Crippen molar-refractivity contribution in [2.75, 3.05) is 27.2 Å². The standard InChI is InChI=1S/C17H26N2O2/c1-18(2)13-14-7-9-15(10-8-14)17(21)19(11-4-12-20)16-5-3-6-16/h7-10,16,20H,3-6,11-13H2,1-2H3. The van der Waals surface area contributed by atoms with Gasteiger partial charge in [-0.2, -0.15) is 0 Å². The average molecular weight is 290 g/mol. The van der Waals surface area contributed by atoms with E-state index in [1.807, 2.05) is 43.3 Å². The summed E-state index contributed by atoms with van der Waals surface area (Å²) in [6.07, 6.45) is 4.04. The first-order valence-corrected chi connectivity index (χ1v) is 7.77. The summed E-state index contributed by atoms with van der Waals surface area (Å²) in [6.45, 7) is 1.67. The van der Waals surface area contributed by atoms with Gasteiger partial charge >= 0.3 is 0 Å². The molecule has 21 heavy (non-hydrogen) atoms. The average Bonchev–Trinajstić information content (AvgIpc) is 2.40. The zero-order valence-corrected chi connectivity index (χ0v) is 13.1. The third-order valence-corrected chi connectivity index (χ3v) is 4.03. The zero-order valence-electron chi connectivity index (χ0n) is 13.1. The van der Waals surface area contributed by atoms with Gasteiger partial charge in [0.1, 0.15) is 0 Å². The number of hydrogen-bond donors (Lipinski definition) is 1. The lowest BCUT2D eigenvalue weighted by Gasteiger charge is -2.37. The number of carbonyl (C=O) groups excluding carboxylic acids is 1. The van der Waals surface area contributed by atoms with Crippen LogP contribution in [0, 0.1) is 0 Å². The molecule has 1 aromatic rings. The molecule has 0 spiro atoms. The summed E-state index contributed by atoms with van der Waals surface area (Å²) in [5.41, 5.74) is 1.96. The third-order valence-electron chi connectivity index (χ3n) is 4.03. The van der Waals surface area contributed by atoms with Crippen LogP contribution in [0.1, 0.15) is 41.6 Å². The number of benzene rings is 1. The molecule has 1 aromatic carbocycles. The van der Waals surface area contributed by atoms with Crippen molar-refractivity contribution in [2.45, 2.75) is 38.3 Å². The molecule has 0 radical (unpaired) electrons. The van der Waals surface area contributed by atoms with Crippen LogP contribution in [0.3, 0.4) is 0 Å². The number of rotatable bonds is 7. The maximum atomic E-state index is 12.7. The molecular weight excluding hydrogens is 264 g/mol. The fourth-order valence-electron chi connectivity index (χ4n) is 2.67. The van der Waals surface area contributed by atoms with Crippen LogP contribution >= 0.6 is 0 Å². The number of hydrogen-bond acceptors (Lipinski definition) is 3. The van der Waals surface area contributed by atoms with Crippen molar-refractivity contribution in [2.24, 2.45) is 0 Å². The molecule has 0 aliphatic heterocycles. The molecule has 1 fully saturated rings. The normalized spacial score (nSPS) is 15.0. The lowest BCUT2D eigenvalue weighted by atomic mass is 9.90. The van der Waals surface area contributed by atoms with Gasteiger partial charge in [-0.25, -0.2) is 0 Å². The van der Waals surface area contributed by atoms with E-state index in [2.05, 4.69) is 4.90 Å². The van der Waals surface area contributed by atoms with Crippen molar-refractivity contribution < 1.29 is 9.90 Å². The predicted octanol–water partition coefficient (Wildman–Crippen LogP) is 2.13. The lowest BCUT2D eigenvalue weighted by molar-refractivity contribution is 0.0562. The molecule has 4 heteroatoms. The van der Waals surface area contributed by atoms with E-state index in [-0.39, 0.29) is 12.5 Å². The Balaban J connectivity index is 2.04. The van der Waals surface area contributed by atoms with Gasteiger partial charge in [-0.1, -0.05) is 12.1 Å². The van der Waals surface area contributed by atoms with Crippen LogP contribution in [0.25, 0.3) is 0 Å². The van der Waals surface area contributed by atoms with Gasteiger partial charge in [0.2, 0.25) is 0 Å². The van der Waals surface area contributed by atoms with Gasteiger partial charge in [-0.05, 0) is 57.5 Å². The van der Waals surface area contributed by atoms with E-state index in [4.69, 9.17) is 5.11 Å². The molecule has 0 bridgehead atoms. The molecular formula is C17H26N2O2. The Kier molecular flexibility index (Phi) is 5.76. The Labute approximate surface area is 127 Å². The van der Waals surface area contributed by atoms with Crippen LogP contribution in [0.5, 0.6) is 0 Å². The predicted molar refractivity (Wildman–Crippen MR) is 84.2 cm³/mol. The molecule has 2 rings (SSSR count). The Morgan fingerprint density at radius 2 is 1.90 bits per heavy atom. The van der Waals surface area contributed by atoms with E-state index in [1.165, 1.54) is 12.0 Å². The summed E-state index contributed by atoms with van der Waals surface area (Å²) in [5, 5.41) is 9.02. The summed E-state index contributed by atoms with van der Waals surface area (Å²) >= 11 is 0. The zero-order chi connectivity index (χ0) is 15.2. The molecule has 116 valence electrons. The molecule has 0 heterocycles. The monoisotopic (exact) mass is 290 g/mol. The number of carbonyl (C=O) groups is 1. The Morgan fingerprint density at radius 3 is 2.38 bits per heavy atom. The molecule has 1 saturated carbocycles. The second-order valence-electron chi connectivity index (χ2n) is 6.10. The summed E-state index contributed by atoms with van der Waals surface area (Å²) in [6, 6.07) is 8.26. The second kappa shape index (κ2) is 7.57. The molecule has 1 N–H and O–H groups in total. The Bertz CT molecular complexity index is 452. The maximum absolute atomic E-state index is 12.7. The SMILES string of the molecule is CN(C)Cc1ccc(C(=O)N(CCCO)C2CCC2)cc1. The molecule has 4 nitrogen and oxygen atoms in total. The van der Waals surface area contributed by atoms with E-state index in [0.29, 0.717) is 19.0 Å². The minimum absolute atomic E-state index is 0.101. The fourth-order valence-corrected chi connectivity index (χ4v) is 2.67. The number of aliphatic hydroxyl groups excluding tert-OH is 1. The van der Waals surface area contributed by atoms with Crippen molar-refractivity contribution in [3.63, 3.8) is 0 Å². The van der Waals surface area contributed by atoms with E-state index in [1.54, 1.807) is 0 Å². The van der Waals surface area contributed by atoms with E-state index in [9.17, 15) is 4.79 Å². The molecule has 0 atom stereocenters. The minimum Gasteiger partial charge on any atom is -0.396 e. The smallest absolute Gasteiger partial charge is 0.254 e. The van der Waals surface area contributed by atoms with Gasteiger partial charge in [-0.15, -0.1) is 0 Å². The van der Waals surface area contributed by atoms with Crippen LogP contribution in [0.15, 0.2) is 24.3 Å². The molecule has 1 aliphatic rings. The number of amides is 1. The van der Waals surface area contributed by atoms with Crippen LogP contribution in [-0.2, 0) is 6.54 Å². The highest BCUT2D eigenvalue weighted by molar-refractivity contribution is 5.94. The van der Waals surface area contributed by atoms with E-state index >= 15 is 0 Å². The van der Waals surface area contributed by atoms with Gasteiger partial charge in [0, 0.05) is 31.3 Å². The van der Waals surface area contributed by atoms with Crippen LogP contribution in [0.4, 0.5) is 0 Å². The first kappa shape index (κ1) is 16.0. The highest BCUT2D eigenvalue weighted by atomic mass is 16.3. The molecule has 0 saturated heterocycles. The quantitative estimate of drug-likeness (QED) is 0.836. The fraction of sp³-hybridized carbons (Fsp3) is 0.588. The Hall–Kier alpha value is -1.39. The molecule has 1 amide bonds. The summed E-state index contributed by atoms with van der Waals surface area (Å²) in [7, 11) is 4.07. The van der Waals surface area contributed by atoms with Gasteiger partial charge < -0.3 is 14.9 Å². The van der Waals surface area contributed by atoms with Crippen LogP contribution in [0.2, 0.25) is 0 Å². The van der Waals surface area contributed by atoms with Gasteiger partial charge in [0.15, 0.2) is 0 Å². The second-order valence-corrected chi connectivity index (χ2v) is 6.10. The first-order chi connectivity index (χ1) is 10.1. The Morgan fingerprint density at radius 1 is 1.24 bits per heavy atom. The highest BCUT2D eigenvalue weighted by Crippen LogP contribution is 2.26. The van der Waals surface area contributed by atoms with Crippen molar-refractivity contribution >= 4 is 5.91 Å². The third kappa shape index (κ3) is 4.29. The van der Waals surface area contributed by atoms with Crippen LogP contribution in [-0.4, -0.2) is 54.1 Å². The summed E-state index contributed by atoms with van der Waals surface area (Å²) < 4.78 is 0. The van der Waals surface area contributed by atoms with Gasteiger partial charge in [0.05, 0.1) is 0 Å². The van der Waals surface area contributed by atoms with Gasteiger partial charge in [-0.3, -0.25) is 4.79 Å².